The number of aliphatic hydroxyl groups is 1. The topological polar surface area (TPSA) is 107 Å². The van der Waals surface area contributed by atoms with Crippen molar-refractivity contribution in [1.29, 1.82) is 0 Å². The van der Waals surface area contributed by atoms with Gasteiger partial charge in [0.05, 0.1) is 36.9 Å². The Balaban J connectivity index is 0.00000480. The van der Waals surface area contributed by atoms with Crippen molar-refractivity contribution in [3.8, 4) is 0 Å². The molecule has 46 heavy (non-hydrogen) atoms. The normalized spacial score (nSPS) is 16.5. The van der Waals surface area contributed by atoms with Gasteiger partial charge in [0.25, 0.3) is 0 Å². The third-order valence-electron chi connectivity index (χ3n) is 9.69. The third kappa shape index (κ3) is 6.55. The Morgan fingerprint density at radius 1 is 1.04 bits per heavy atom. The molecule has 2 aliphatic heterocycles. The largest absolute Gasteiger partial charge is 0.394 e. The van der Waals surface area contributed by atoms with E-state index in [1.807, 2.05) is 20.0 Å². The number of allylic oxidation sites excluding steroid dienone is 1. The fourth-order valence-corrected chi connectivity index (χ4v) is 6.89. The van der Waals surface area contributed by atoms with Crippen molar-refractivity contribution in [2.45, 2.75) is 66.7 Å². The van der Waals surface area contributed by atoms with Crippen LogP contribution in [0.3, 0.4) is 0 Å². The molecule has 5 heterocycles. The molecule has 1 unspecified atom stereocenters. The molecule has 3 aromatic rings. The van der Waals surface area contributed by atoms with Crippen molar-refractivity contribution in [2.75, 3.05) is 33.4 Å². The Bertz CT molecular complexity index is 1840. The van der Waals surface area contributed by atoms with E-state index < -0.39 is 0 Å². The summed E-state index contributed by atoms with van der Waals surface area (Å²) in [6.45, 7) is 20.0. The number of carbonyl (C=O) groups is 1. The minimum atomic E-state index is -0.323. The standard InChI is InChI=1S/C37H47N5O3.Zn/c1-10-26-22(5)31-19-34-27(11-2)21(4)30(39-34)18-32-23(6)35(25(8)37(44)42(9)12-14-45-15-13-43)36(41-32)24(7)29-16-20(3)28(38-29)17-33(26)40-31;/h11,16-19,23,25,35,39-40,43H,2,10,12-15H2,1,3-9H3;/t23-,25?,35+;/m1./s1. The van der Waals surface area contributed by atoms with Gasteiger partial charge in [-0.2, -0.15) is 0 Å². The molecule has 1 amide bonds. The summed E-state index contributed by atoms with van der Waals surface area (Å²) >= 11 is 0. The van der Waals surface area contributed by atoms with Gasteiger partial charge in [0.2, 0.25) is 5.91 Å². The van der Waals surface area contributed by atoms with Crippen LogP contribution in [0.5, 0.6) is 0 Å². The second-order valence-electron chi connectivity index (χ2n) is 12.5. The monoisotopic (exact) mass is 673 g/mol. The van der Waals surface area contributed by atoms with Crippen LogP contribution >= 0.6 is 0 Å². The van der Waals surface area contributed by atoms with Crippen molar-refractivity contribution >= 4 is 45.7 Å². The van der Waals surface area contributed by atoms with Gasteiger partial charge in [-0.25, -0.2) is 4.98 Å². The van der Waals surface area contributed by atoms with Gasteiger partial charge in [0.1, 0.15) is 0 Å². The van der Waals surface area contributed by atoms with E-state index in [0.717, 1.165) is 73.5 Å². The van der Waals surface area contributed by atoms with Gasteiger partial charge in [0, 0.05) is 84.1 Å². The van der Waals surface area contributed by atoms with Gasteiger partial charge in [-0.3, -0.25) is 9.78 Å². The number of fused-ring (bicyclic) bond motifs is 8. The second-order valence-corrected chi connectivity index (χ2v) is 12.5. The van der Waals surface area contributed by atoms with Crippen LogP contribution in [0.2, 0.25) is 0 Å². The van der Waals surface area contributed by atoms with E-state index in [9.17, 15) is 4.79 Å². The minimum absolute atomic E-state index is 0. The number of likely N-dealkylation sites (N-methyl/N-ethyl adjacent to an activating group) is 1. The van der Waals surface area contributed by atoms with E-state index in [4.69, 9.17) is 19.8 Å². The molecule has 0 saturated heterocycles. The van der Waals surface area contributed by atoms with Crippen LogP contribution in [-0.2, 0) is 35.4 Å². The number of rotatable bonds is 9. The predicted molar refractivity (Wildman–Crippen MR) is 184 cm³/mol. The predicted octanol–water partition coefficient (Wildman–Crippen LogP) is 6.99. The summed E-state index contributed by atoms with van der Waals surface area (Å²) in [4.78, 5) is 33.2. The quantitative estimate of drug-likeness (QED) is 0.168. The zero-order valence-electron chi connectivity index (χ0n) is 28.7. The first kappa shape index (κ1) is 35.5. The summed E-state index contributed by atoms with van der Waals surface area (Å²) in [7, 11) is 1.81. The van der Waals surface area contributed by atoms with E-state index in [1.54, 1.807) is 4.90 Å². The summed E-state index contributed by atoms with van der Waals surface area (Å²) in [5.41, 5.74) is 14.5. The molecule has 0 aromatic carbocycles. The van der Waals surface area contributed by atoms with Gasteiger partial charge in [-0.15, -0.1) is 0 Å². The second kappa shape index (κ2) is 14.6. The molecule has 0 spiro atoms. The van der Waals surface area contributed by atoms with Crippen molar-refractivity contribution in [3.05, 3.63) is 75.4 Å². The van der Waals surface area contributed by atoms with E-state index >= 15 is 0 Å². The summed E-state index contributed by atoms with van der Waals surface area (Å²) < 4.78 is 5.43. The van der Waals surface area contributed by atoms with E-state index in [2.05, 4.69) is 82.4 Å². The Morgan fingerprint density at radius 2 is 1.74 bits per heavy atom. The van der Waals surface area contributed by atoms with Crippen molar-refractivity contribution in [2.24, 2.45) is 5.92 Å². The molecule has 0 fully saturated rings. The Labute approximate surface area is 285 Å². The molecule has 3 aromatic heterocycles. The summed E-state index contributed by atoms with van der Waals surface area (Å²) in [5.74, 6) is -0.423. The number of amides is 1. The molecule has 9 heteroatoms. The van der Waals surface area contributed by atoms with Crippen molar-refractivity contribution in [3.63, 3.8) is 0 Å². The van der Waals surface area contributed by atoms with Crippen LogP contribution < -0.4 is 0 Å². The smallest absolute Gasteiger partial charge is 0.225 e. The van der Waals surface area contributed by atoms with Crippen LogP contribution in [0.4, 0.5) is 0 Å². The number of nitrogens with zero attached hydrogens (tertiary/aromatic N) is 3. The first-order chi connectivity index (χ1) is 21.5. The number of nitrogens with one attached hydrogen (secondary N) is 2. The Kier molecular flexibility index (Phi) is 11.2. The van der Waals surface area contributed by atoms with Crippen molar-refractivity contribution < 1.29 is 34.1 Å². The van der Waals surface area contributed by atoms with Crippen molar-refractivity contribution in [1.82, 2.24) is 24.8 Å². The van der Waals surface area contributed by atoms with E-state index in [0.29, 0.717) is 13.2 Å². The van der Waals surface area contributed by atoms with Crippen LogP contribution in [0.25, 0.3) is 39.8 Å². The molecule has 3 N–H and O–H groups in total. The first-order valence-corrected chi connectivity index (χ1v) is 16.0. The van der Waals surface area contributed by atoms with Gasteiger partial charge >= 0.3 is 0 Å². The molecule has 5 rings (SSSR count). The van der Waals surface area contributed by atoms with Crippen LogP contribution in [-0.4, -0.2) is 69.3 Å². The number of aromatic amines is 2. The van der Waals surface area contributed by atoms with Crippen LogP contribution in [0.1, 0.15) is 90.1 Å². The molecule has 240 valence electrons. The van der Waals surface area contributed by atoms with Gasteiger partial charge in [-0.05, 0) is 86.2 Å². The molecule has 2 aliphatic rings. The molecule has 0 aliphatic carbocycles. The third-order valence-corrected chi connectivity index (χ3v) is 9.69. The average Bonchev–Trinajstić information content (AvgIpc) is 3.72. The van der Waals surface area contributed by atoms with E-state index in [-0.39, 0.29) is 56.4 Å². The molecule has 8 nitrogen and oxygen atoms in total. The molecular weight excluding hydrogens is 628 g/mol. The number of H-pyrrole nitrogens is 2. The maximum atomic E-state index is 13.8. The maximum Gasteiger partial charge on any atom is 0.225 e. The van der Waals surface area contributed by atoms with Gasteiger partial charge < -0.3 is 24.7 Å². The fourth-order valence-electron chi connectivity index (χ4n) is 6.89. The number of aromatic nitrogens is 4. The fraction of sp³-hybridized carbons (Fsp3) is 0.432. The number of ether oxygens (including phenoxy) is 1. The molecule has 8 bridgehead atoms. The zero-order valence-corrected chi connectivity index (χ0v) is 31.6. The zero-order chi connectivity index (χ0) is 32.6. The van der Waals surface area contributed by atoms with Gasteiger partial charge in [-0.1, -0.05) is 33.4 Å². The Morgan fingerprint density at radius 3 is 2.41 bits per heavy atom. The van der Waals surface area contributed by atoms with E-state index in [1.165, 1.54) is 11.1 Å². The maximum absolute atomic E-state index is 13.8. The summed E-state index contributed by atoms with van der Waals surface area (Å²) in [6, 6.07) is 6.47. The molecule has 3 atom stereocenters. The molecule has 0 radical (unpaired) electrons. The Hall–Kier alpha value is -3.39. The average molecular weight is 675 g/mol. The number of hydrogen-bond acceptors (Lipinski definition) is 5. The van der Waals surface area contributed by atoms with Gasteiger partial charge in [0.15, 0.2) is 0 Å². The molecular formula is C37H47N5O3Zn. The first-order valence-electron chi connectivity index (χ1n) is 16.0. The summed E-state index contributed by atoms with van der Waals surface area (Å²) in [5, 5.41) is 9.03. The summed E-state index contributed by atoms with van der Waals surface area (Å²) in [6.07, 6.45) is 4.94. The SMILES string of the molecule is C=Cc1c(C)c2cc3nc(c(C)c4nc(cc5[nH]c(cc1[nH]2)c(C)c5CC)C(C)=C4)[C@H](C(C)C(=O)N(C)CCOCCO)[C@@H]3C.[Zn]. The minimum Gasteiger partial charge on any atom is -0.394 e. The molecule has 0 saturated carbocycles. The number of aliphatic hydroxyl groups excluding tert-OH is 1. The number of carbonyl (C=O) groups excluding carboxylic acids is 1. The number of aryl methyl sites for hydroxylation is 3. The number of hydrogen-bond donors (Lipinski definition) is 3. The van der Waals surface area contributed by atoms with Crippen LogP contribution in [0.15, 0.2) is 24.8 Å². The van der Waals surface area contributed by atoms with Crippen LogP contribution in [0, 0.1) is 26.7 Å².